The summed E-state index contributed by atoms with van der Waals surface area (Å²) in [6.45, 7) is 3.73. The smallest absolute Gasteiger partial charge is 0.258 e. The number of halogens is 1. The maximum Gasteiger partial charge on any atom is 0.258 e. The van der Waals surface area contributed by atoms with E-state index in [1.165, 1.54) is 12.1 Å². The highest BCUT2D eigenvalue weighted by Crippen LogP contribution is 2.26. The lowest BCUT2D eigenvalue weighted by Gasteiger charge is -2.01. The Morgan fingerprint density at radius 1 is 1.05 bits per heavy atom. The van der Waals surface area contributed by atoms with E-state index in [-0.39, 0.29) is 5.82 Å². The van der Waals surface area contributed by atoms with Crippen LogP contribution in [-0.4, -0.2) is 10.1 Å². The summed E-state index contributed by atoms with van der Waals surface area (Å²) in [4.78, 5) is 4.36. The van der Waals surface area contributed by atoms with Gasteiger partial charge in [0.15, 0.2) is 0 Å². The van der Waals surface area contributed by atoms with Crippen molar-refractivity contribution in [3.05, 3.63) is 53.3 Å². The number of anilines is 1. The van der Waals surface area contributed by atoms with Crippen molar-refractivity contribution in [3.63, 3.8) is 0 Å². The molecule has 3 aromatic rings. The fraction of sp³-hybridized carbons (Fsp3) is 0.125. The van der Waals surface area contributed by atoms with Crippen molar-refractivity contribution < 1.29 is 8.91 Å². The first-order valence-corrected chi connectivity index (χ1v) is 6.51. The number of hydrogen-bond acceptors (Lipinski definition) is 4. The first kappa shape index (κ1) is 13.3. The van der Waals surface area contributed by atoms with Gasteiger partial charge in [0.05, 0.1) is 0 Å². The summed E-state index contributed by atoms with van der Waals surface area (Å²) in [5.41, 5.74) is 9.81. The van der Waals surface area contributed by atoms with E-state index >= 15 is 0 Å². The molecule has 2 aromatic carbocycles. The zero-order chi connectivity index (χ0) is 15.0. The third-order valence-corrected chi connectivity index (χ3v) is 3.38. The van der Waals surface area contributed by atoms with Gasteiger partial charge in [0.25, 0.3) is 5.89 Å². The third-order valence-electron chi connectivity index (χ3n) is 3.38. The van der Waals surface area contributed by atoms with E-state index < -0.39 is 0 Å². The molecule has 2 N–H and O–H groups in total. The number of benzene rings is 2. The Balaban J connectivity index is 2.01. The molecule has 0 saturated heterocycles. The molecule has 0 aliphatic rings. The van der Waals surface area contributed by atoms with Gasteiger partial charge >= 0.3 is 0 Å². The zero-order valence-corrected chi connectivity index (χ0v) is 11.7. The van der Waals surface area contributed by atoms with E-state index in [1.54, 1.807) is 19.1 Å². The van der Waals surface area contributed by atoms with E-state index in [4.69, 9.17) is 10.3 Å². The minimum atomic E-state index is -0.286. The van der Waals surface area contributed by atoms with Gasteiger partial charge in [0.2, 0.25) is 5.82 Å². The second-order valence-electron chi connectivity index (χ2n) is 4.95. The average molecular weight is 283 g/mol. The Labute approximate surface area is 121 Å². The number of nitrogens with zero attached hydrogens (tertiary/aromatic N) is 2. The average Bonchev–Trinajstić information content (AvgIpc) is 2.91. The summed E-state index contributed by atoms with van der Waals surface area (Å²) >= 11 is 0. The van der Waals surface area contributed by atoms with Crippen LogP contribution < -0.4 is 5.73 Å². The van der Waals surface area contributed by atoms with E-state index in [1.807, 2.05) is 19.1 Å². The van der Waals surface area contributed by atoms with Gasteiger partial charge in [-0.3, -0.25) is 0 Å². The minimum Gasteiger partial charge on any atom is -0.398 e. The molecule has 0 bridgehead atoms. The van der Waals surface area contributed by atoms with Crippen LogP contribution in [0.5, 0.6) is 0 Å². The first-order chi connectivity index (χ1) is 10.0. The number of aryl methyl sites for hydroxylation is 2. The molecule has 0 unspecified atom stereocenters. The zero-order valence-electron chi connectivity index (χ0n) is 11.7. The van der Waals surface area contributed by atoms with Gasteiger partial charge in [-0.15, -0.1) is 0 Å². The van der Waals surface area contributed by atoms with Crippen molar-refractivity contribution in [2.45, 2.75) is 13.8 Å². The van der Waals surface area contributed by atoms with Crippen LogP contribution >= 0.6 is 0 Å². The maximum atomic E-state index is 13.1. The molecule has 3 rings (SSSR count). The molecule has 0 saturated carbocycles. The van der Waals surface area contributed by atoms with E-state index in [2.05, 4.69) is 10.1 Å². The minimum absolute atomic E-state index is 0.286. The quantitative estimate of drug-likeness (QED) is 0.727. The normalized spacial score (nSPS) is 10.8. The van der Waals surface area contributed by atoms with Crippen LogP contribution in [0.1, 0.15) is 11.1 Å². The van der Waals surface area contributed by atoms with Crippen LogP contribution in [0.2, 0.25) is 0 Å². The van der Waals surface area contributed by atoms with Crippen LogP contribution in [0.3, 0.4) is 0 Å². The van der Waals surface area contributed by atoms with Crippen LogP contribution in [0.15, 0.2) is 40.9 Å². The van der Waals surface area contributed by atoms with Crippen molar-refractivity contribution in [1.29, 1.82) is 0 Å². The molecule has 21 heavy (non-hydrogen) atoms. The summed E-state index contributed by atoms with van der Waals surface area (Å²) in [6, 6.07) is 10.0. The summed E-state index contributed by atoms with van der Waals surface area (Å²) in [6.07, 6.45) is 0. The standard InChI is InChI=1S/C16H14FN3O/c1-9-3-4-11(8-14(9)18)16-19-15(20-21-16)13-6-5-12(17)7-10(13)2/h3-8H,18H2,1-2H3. The maximum absolute atomic E-state index is 13.1. The van der Waals surface area contributed by atoms with Crippen LogP contribution in [0, 0.1) is 19.7 Å². The molecule has 0 radical (unpaired) electrons. The van der Waals surface area contributed by atoms with Gasteiger partial charge in [0.1, 0.15) is 5.82 Å². The molecule has 0 aliphatic heterocycles. The van der Waals surface area contributed by atoms with E-state index in [0.29, 0.717) is 17.4 Å². The van der Waals surface area contributed by atoms with Crippen molar-refractivity contribution in [2.75, 3.05) is 5.73 Å². The van der Waals surface area contributed by atoms with Crippen molar-refractivity contribution >= 4 is 5.69 Å². The molecule has 1 aromatic heterocycles. The molecule has 0 amide bonds. The summed E-state index contributed by atoms with van der Waals surface area (Å²) < 4.78 is 18.4. The summed E-state index contributed by atoms with van der Waals surface area (Å²) in [7, 11) is 0. The topological polar surface area (TPSA) is 64.9 Å². The van der Waals surface area contributed by atoms with Crippen LogP contribution in [-0.2, 0) is 0 Å². The Hall–Kier alpha value is -2.69. The first-order valence-electron chi connectivity index (χ1n) is 6.51. The molecule has 106 valence electrons. The van der Waals surface area contributed by atoms with Gasteiger partial charge < -0.3 is 10.3 Å². The van der Waals surface area contributed by atoms with Crippen molar-refractivity contribution in [2.24, 2.45) is 0 Å². The molecule has 4 nitrogen and oxygen atoms in total. The second-order valence-corrected chi connectivity index (χ2v) is 4.95. The monoisotopic (exact) mass is 283 g/mol. The largest absolute Gasteiger partial charge is 0.398 e. The Kier molecular flexibility index (Phi) is 3.17. The number of nitrogen functional groups attached to an aromatic ring is 1. The highest BCUT2D eigenvalue weighted by molar-refractivity contribution is 5.65. The Bertz CT molecular complexity index is 811. The molecule has 0 fully saturated rings. The lowest BCUT2D eigenvalue weighted by atomic mass is 10.1. The SMILES string of the molecule is Cc1ccc(-c2nc(-c3ccc(F)cc3C)no2)cc1N. The number of hydrogen-bond donors (Lipinski definition) is 1. The molecule has 5 heteroatoms. The van der Waals surface area contributed by atoms with Crippen LogP contribution in [0.4, 0.5) is 10.1 Å². The predicted octanol–water partition coefficient (Wildman–Crippen LogP) is 3.74. The predicted molar refractivity (Wildman–Crippen MR) is 79.0 cm³/mol. The summed E-state index contributed by atoms with van der Waals surface area (Å²) in [5.74, 6) is 0.536. The Morgan fingerprint density at radius 2 is 1.86 bits per heavy atom. The fourth-order valence-corrected chi connectivity index (χ4v) is 2.10. The van der Waals surface area contributed by atoms with E-state index in [0.717, 1.165) is 22.3 Å². The lowest BCUT2D eigenvalue weighted by Crippen LogP contribution is -1.90. The van der Waals surface area contributed by atoms with Crippen molar-refractivity contribution in [1.82, 2.24) is 10.1 Å². The molecule has 1 heterocycles. The third kappa shape index (κ3) is 2.50. The second kappa shape index (κ2) is 5.01. The van der Waals surface area contributed by atoms with E-state index in [9.17, 15) is 4.39 Å². The van der Waals surface area contributed by atoms with Gasteiger partial charge in [-0.1, -0.05) is 11.2 Å². The van der Waals surface area contributed by atoms with Crippen LogP contribution in [0.25, 0.3) is 22.8 Å². The fourth-order valence-electron chi connectivity index (χ4n) is 2.10. The van der Waals surface area contributed by atoms with Gasteiger partial charge in [-0.05, 0) is 55.3 Å². The van der Waals surface area contributed by atoms with Gasteiger partial charge in [-0.25, -0.2) is 4.39 Å². The lowest BCUT2D eigenvalue weighted by molar-refractivity contribution is 0.432. The molecule has 0 aliphatic carbocycles. The molecule has 0 atom stereocenters. The number of aromatic nitrogens is 2. The van der Waals surface area contributed by atoms with Crippen molar-refractivity contribution in [3.8, 4) is 22.8 Å². The molecular formula is C16H14FN3O. The summed E-state index contributed by atoms with van der Waals surface area (Å²) in [5, 5.41) is 3.96. The van der Waals surface area contributed by atoms with Gasteiger partial charge in [0, 0.05) is 16.8 Å². The molecular weight excluding hydrogens is 269 g/mol. The molecule has 0 spiro atoms. The number of nitrogens with two attached hydrogens (primary N) is 1. The van der Waals surface area contributed by atoms with Gasteiger partial charge in [-0.2, -0.15) is 4.98 Å². The highest BCUT2D eigenvalue weighted by Gasteiger charge is 2.13. The number of rotatable bonds is 2. The Morgan fingerprint density at radius 3 is 2.57 bits per heavy atom. The highest BCUT2D eigenvalue weighted by atomic mass is 19.1.